The van der Waals surface area contributed by atoms with Gasteiger partial charge in [-0.15, -0.1) is 0 Å². The van der Waals surface area contributed by atoms with Crippen molar-refractivity contribution in [2.45, 2.75) is 19.3 Å². The molecule has 25 heavy (non-hydrogen) atoms. The summed E-state index contributed by atoms with van der Waals surface area (Å²) in [5.41, 5.74) is 1.94. The Kier molecular flexibility index (Phi) is 3.34. The minimum absolute atomic E-state index is 0.124. The highest BCUT2D eigenvalue weighted by atomic mass is 16.1. The molecule has 3 aromatic rings. The van der Waals surface area contributed by atoms with Crippen molar-refractivity contribution in [3.63, 3.8) is 0 Å². The third-order valence-corrected chi connectivity index (χ3v) is 4.36. The number of Topliss-reactive ketones (excluding diaryl/α,β-unsaturated/α-hetero) is 1. The Morgan fingerprint density at radius 2 is 2.04 bits per heavy atom. The van der Waals surface area contributed by atoms with E-state index in [0.717, 1.165) is 31.3 Å². The lowest BCUT2D eigenvalue weighted by atomic mass is 10.1. The first-order valence-electron chi connectivity index (χ1n) is 10.4. The first-order chi connectivity index (χ1) is 13.9. The summed E-state index contributed by atoms with van der Waals surface area (Å²) in [5.74, 6) is 0.124. The summed E-state index contributed by atoms with van der Waals surface area (Å²) < 4.78 is 31.5. The maximum atomic E-state index is 12.4. The molecular weight excluding hydrogens is 312 g/mol. The van der Waals surface area contributed by atoms with Gasteiger partial charge in [-0.2, -0.15) is 0 Å². The Bertz CT molecular complexity index is 1100. The second-order valence-electron chi connectivity index (χ2n) is 6.25. The van der Waals surface area contributed by atoms with Crippen LogP contribution in [0.25, 0.3) is 22.0 Å². The number of nitrogens with zero attached hydrogens (tertiary/aromatic N) is 4. The second-order valence-corrected chi connectivity index (χ2v) is 6.25. The van der Waals surface area contributed by atoms with Crippen LogP contribution in [0.5, 0.6) is 0 Å². The van der Waals surface area contributed by atoms with E-state index in [0.29, 0.717) is 23.3 Å². The Morgan fingerprint density at radius 1 is 1.16 bits per heavy atom. The molecule has 1 aliphatic heterocycles. The molecule has 3 aromatic heterocycles. The predicted octanol–water partition coefficient (Wildman–Crippen LogP) is 2.90. The number of likely N-dealkylation sites (tertiary alicyclic amines) is 1. The summed E-state index contributed by atoms with van der Waals surface area (Å²) >= 11 is 0. The van der Waals surface area contributed by atoms with Crippen molar-refractivity contribution in [2.75, 3.05) is 19.6 Å². The van der Waals surface area contributed by atoms with Crippen molar-refractivity contribution in [2.24, 2.45) is 0 Å². The fourth-order valence-electron chi connectivity index (χ4n) is 3.13. The van der Waals surface area contributed by atoms with Gasteiger partial charge >= 0.3 is 0 Å². The lowest BCUT2D eigenvalue weighted by Gasteiger charge is -2.13. The number of carbonyl (C=O) groups excluding carboxylic acids is 1. The van der Waals surface area contributed by atoms with E-state index in [1.807, 2.05) is 0 Å². The molecule has 0 radical (unpaired) electrons. The zero-order valence-electron chi connectivity index (χ0n) is 17.7. The second kappa shape index (κ2) is 7.07. The number of pyridine rings is 3. The van der Waals surface area contributed by atoms with E-state index >= 15 is 0 Å². The molecule has 0 unspecified atom stereocenters. The van der Waals surface area contributed by atoms with E-state index in [-0.39, 0.29) is 42.2 Å². The third-order valence-electron chi connectivity index (χ3n) is 4.36. The van der Waals surface area contributed by atoms with Crippen LogP contribution in [0.1, 0.15) is 24.0 Å². The van der Waals surface area contributed by atoms with Gasteiger partial charge in [0.25, 0.3) is 0 Å². The van der Waals surface area contributed by atoms with Crippen molar-refractivity contribution >= 4 is 16.7 Å². The van der Waals surface area contributed by atoms with Crippen LogP contribution in [0.3, 0.4) is 0 Å². The lowest BCUT2D eigenvalue weighted by Crippen LogP contribution is -2.27. The van der Waals surface area contributed by atoms with Crippen LogP contribution in [-0.4, -0.2) is 45.3 Å². The topological polar surface area (TPSA) is 59.0 Å². The molecule has 1 fully saturated rings. The lowest BCUT2D eigenvalue weighted by molar-refractivity contribution is -0.119. The molecule has 0 saturated carbocycles. The molecule has 0 aliphatic carbocycles. The molecular formula is C20H20N4O. The minimum Gasteiger partial charge on any atom is -0.298 e. The number of carbonyl (C=O) groups is 1. The van der Waals surface area contributed by atoms with Crippen LogP contribution in [0.2, 0.25) is 0 Å². The van der Waals surface area contributed by atoms with E-state index in [9.17, 15) is 4.79 Å². The maximum absolute atomic E-state index is 12.4. The van der Waals surface area contributed by atoms with Gasteiger partial charge in [-0.05, 0) is 44.1 Å². The number of hydrogen-bond donors (Lipinski definition) is 0. The first kappa shape index (κ1) is 11.8. The molecule has 1 aliphatic rings. The van der Waals surface area contributed by atoms with E-state index < -0.39 is 0 Å². The van der Waals surface area contributed by atoms with Crippen LogP contribution >= 0.6 is 0 Å². The van der Waals surface area contributed by atoms with Crippen LogP contribution < -0.4 is 0 Å². The Labute approximate surface area is 152 Å². The van der Waals surface area contributed by atoms with Crippen molar-refractivity contribution in [1.29, 1.82) is 0 Å². The highest BCUT2D eigenvalue weighted by Gasteiger charge is 2.16. The van der Waals surface area contributed by atoms with E-state index in [1.165, 1.54) is 6.20 Å². The zero-order chi connectivity index (χ0) is 20.5. The summed E-state index contributed by atoms with van der Waals surface area (Å²) in [5, 5.41) is 0.738. The number of ketones is 1. The predicted molar refractivity (Wildman–Crippen MR) is 97.2 cm³/mol. The average Bonchev–Trinajstić information content (AvgIpc) is 3.19. The van der Waals surface area contributed by atoms with Crippen LogP contribution in [0, 0.1) is 0 Å². The van der Waals surface area contributed by atoms with Gasteiger partial charge in [-0.3, -0.25) is 24.6 Å². The van der Waals surface area contributed by atoms with Gasteiger partial charge in [0.1, 0.15) is 0 Å². The van der Waals surface area contributed by atoms with Crippen molar-refractivity contribution in [3.05, 3.63) is 54.7 Å². The fraction of sp³-hybridized carbons (Fsp3) is 0.300. The molecule has 1 saturated heterocycles. The number of aromatic nitrogens is 3. The standard InChI is InChI=1S/C20H20N4O/c25-19(14-24-6-1-2-7-24)10-18-9-16-8-17(12-23-20(16)13-22-18)15-4-3-5-21-11-15/h3-5,8-9,11-13H,1-2,6-7,10,14H2/i3D,4D,5D,11D. The van der Waals surface area contributed by atoms with Crippen LogP contribution in [0.4, 0.5) is 0 Å². The number of fused-ring (bicyclic) bond motifs is 1. The SMILES string of the molecule is [2H]c1nc([2H])c(-c2cnc3cnc(CC(=O)CN4CCCC4)cc3c2)c([2H])c1[2H]. The normalized spacial score (nSPS) is 17.1. The summed E-state index contributed by atoms with van der Waals surface area (Å²) in [6, 6.07) is 3.02. The zero-order valence-corrected chi connectivity index (χ0v) is 13.7. The summed E-state index contributed by atoms with van der Waals surface area (Å²) in [6.45, 7) is 2.39. The molecule has 126 valence electrons. The van der Waals surface area contributed by atoms with E-state index in [1.54, 1.807) is 18.3 Å². The van der Waals surface area contributed by atoms with Crippen molar-refractivity contribution < 1.29 is 10.3 Å². The molecule has 5 heteroatoms. The highest BCUT2D eigenvalue weighted by molar-refractivity contribution is 5.86. The van der Waals surface area contributed by atoms with E-state index in [2.05, 4.69) is 19.9 Å². The van der Waals surface area contributed by atoms with Crippen molar-refractivity contribution in [3.8, 4) is 11.1 Å². The molecule has 0 spiro atoms. The van der Waals surface area contributed by atoms with Gasteiger partial charge in [0, 0.05) is 40.7 Å². The third kappa shape index (κ3) is 3.72. The quantitative estimate of drug-likeness (QED) is 0.717. The number of hydrogen-bond acceptors (Lipinski definition) is 5. The molecule has 4 rings (SSSR count). The maximum Gasteiger partial charge on any atom is 0.152 e. The molecule has 0 atom stereocenters. The monoisotopic (exact) mass is 336 g/mol. The molecule has 5 nitrogen and oxygen atoms in total. The molecule has 0 bridgehead atoms. The van der Waals surface area contributed by atoms with Gasteiger partial charge in [0.2, 0.25) is 0 Å². The largest absolute Gasteiger partial charge is 0.298 e. The number of rotatable bonds is 5. The van der Waals surface area contributed by atoms with Gasteiger partial charge in [-0.1, -0.05) is 6.04 Å². The Morgan fingerprint density at radius 3 is 2.92 bits per heavy atom. The van der Waals surface area contributed by atoms with Crippen LogP contribution in [-0.2, 0) is 11.2 Å². The smallest absolute Gasteiger partial charge is 0.152 e. The van der Waals surface area contributed by atoms with Gasteiger partial charge in [-0.25, -0.2) is 0 Å². The van der Waals surface area contributed by atoms with Gasteiger partial charge in [0.05, 0.1) is 30.2 Å². The first-order valence-corrected chi connectivity index (χ1v) is 8.36. The Hall–Kier alpha value is -2.66. The van der Waals surface area contributed by atoms with Crippen LogP contribution in [0.15, 0.2) is 49.0 Å². The fourth-order valence-corrected chi connectivity index (χ4v) is 3.13. The molecule has 4 heterocycles. The molecule has 0 amide bonds. The minimum atomic E-state index is -0.388. The average molecular weight is 336 g/mol. The molecule has 0 aromatic carbocycles. The van der Waals surface area contributed by atoms with Gasteiger partial charge in [0.15, 0.2) is 5.78 Å². The van der Waals surface area contributed by atoms with Crippen molar-refractivity contribution in [1.82, 2.24) is 19.9 Å². The molecule has 0 N–H and O–H groups in total. The van der Waals surface area contributed by atoms with Gasteiger partial charge < -0.3 is 0 Å². The summed E-state index contributed by atoms with van der Waals surface area (Å²) in [6.07, 6.45) is 5.04. The highest BCUT2D eigenvalue weighted by Crippen LogP contribution is 2.22. The van der Waals surface area contributed by atoms with E-state index in [4.69, 9.17) is 5.48 Å². The summed E-state index contributed by atoms with van der Waals surface area (Å²) in [4.78, 5) is 26.9. The summed E-state index contributed by atoms with van der Waals surface area (Å²) in [7, 11) is 0. The Balaban J connectivity index is 1.64.